The molecule has 1 atom stereocenters. The van der Waals surface area contributed by atoms with Gasteiger partial charge in [-0.05, 0) is 30.7 Å². The lowest BCUT2D eigenvalue weighted by Crippen LogP contribution is -2.10. The molecule has 1 unspecified atom stereocenters. The fraction of sp³-hybridized carbons (Fsp3) is 0.455. The number of hydrogen-bond acceptors (Lipinski definition) is 3. The van der Waals surface area contributed by atoms with Crippen LogP contribution in [0.2, 0.25) is 5.02 Å². The van der Waals surface area contributed by atoms with Gasteiger partial charge in [-0.2, -0.15) is 16.9 Å². The summed E-state index contributed by atoms with van der Waals surface area (Å²) in [5, 5.41) is 5.18. The van der Waals surface area contributed by atoms with Gasteiger partial charge in [0.1, 0.15) is 0 Å². The van der Waals surface area contributed by atoms with E-state index in [2.05, 4.69) is 10.1 Å². The summed E-state index contributed by atoms with van der Waals surface area (Å²) in [6, 6.07) is 3.74. The predicted molar refractivity (Wildman–Crippen MR) is 67.3 cm³/mol. The third-order valence-corrected chi connectivity index (χ3v) is 4.37. The Kier molecular flexibility index (Phi) is 2.77. The maximum Gasteiger partial charge on any atom is 0.174 e. The van der Waals surface area contributed by atoms with E-state index in [0.29, 0.717) is 10.9 Å². The zero-order chi connectivity index (χ0) is 11.0. The Morgan fingerprint density at radius 2 is 2.44 bits per heavy atom. The van der Waals surface area contributed by atoms with Gasteiger partial charge in [-0.3, -0.25) is 0 Å². The molecule has 5 heteroatoms. The third-order valence-electron chi connectivity index (χ3n) is 2.86. The highest BCUT2D eigenvalue weighted by Crippen LogP contribution is 2.30. The number of nitrogens with zero attached hydrogens (tertiary/aromatic N) is 3. The lowest BCUT2D eigenvalue weighted by atomic mass is 10.1. The van der Waals surface area contributed by atoms with Crippen molar-refractivity contribution in [2.75, 3.05) is 11.5 Å². The van der Waals surface area contributed by atoms with Gasteiger partial charge < -0.3 is 0 Å². The molecule has 84 valence electrons. The second-order valence-corrected chi connectivity index (χ2v) is 5.57. The van der Waals surface area contributed by atoms with Crippen LogP contribution in [0.3, 0.4) is 0 Å². The van der Waals surface area contributed by atoms with Gasteiger partial charge in [0.25, 0.3) is 0 Å². The fourth-order valence-corrected chi connectivity index (χ4v) is 3.35. The van der Waals surface area contributed by atoms with Crippen LogP contribution in [0, 0.1) is 0 Å². The van der Waals surface area contributed by atoms with Crippen LogP contribution < -0.4 is 0 Å². The first-order chi connectivity index (χ1) is 7.84. The van der Waals surface area contributed by atoms with Crippen molar-refractivity contribution in [2.24, 2.45) is 0 Å². The van der Waals surface area contributed by atoms with Crippen LogP contribution in [-0.2, 0) is 0 Å². The van der Waals surface area contributed by atoms with E-state index in [1.807, 2.05) is 30.1 Å². The number of halogens is 1. The van der Waals surface area contributed by atoms with E-state index in [1.54, 1.807) is 4.52 Å². The molecule has 1 aliphatic rings. The van der Waals surface area contributed by atoms with E-state index in [1.165, 1.54) is 18.6 Å². The Morgan fingerprint density at radius 3 is 3.19 bits per heavy atom. The molecular formula is C11H12ClN3S. The SMILES string of the molecule is Clc1cccn2nc(C3CCCSC3)nc12. The molecule has 1 saturated heterocycles. The second-order valence-electron chi connectivity index (χ2n) is 4.01. The summed E-state index contributed by atoms with van der Waals surface area (Å²) < 4.78 is 1.77. The highest BCUT2D eigenvalue weighted by atomic mass is 35.5. The lowest BCUT2D eigenvalue weighted by molar-refractivity contribution is 0.622. The standard InChI is InChI=1S/C11H12ClN3S/c12-9-4-1-5-15-11(9)13-10(14-15)8-3-2-6-16-7-8/h1,4-5,8H,2-3,6-7H2. The first-order valence-electron chi connectivity index (χ1n) is 5.43. The van der Waals surface area contributed by atoms with Gasteiger partial charge in [0, 0.05) is 17.9 Å². The molecule has 0 amide bonds. The summed E-state index contributed by atoms with van der Waals surface area (Å²) in [5.41, 5.74) is 0.773. The molecule has 0 N–H and O–H groups in total. The van der Waals surface area contributed by atoms with Crippen LogP contribution in [0.5, 0.6) is 0 Å². The molecular weight excluding hydrogens is 242 g/mol. The van der Waals surface area contributed by atoms with Crippen LogP contribution in [0.25, 0.3) is 5.65 Å². The first kappa shape index (κ1) is 10.4. The molecule has 16 heavy (non-hydrogen) atoms. The summed E-state index contributed by atoms with van der Waals surface area (Å²) >= 11 is 8.07. The molecule has 0 saturated carbocycles. The summed E-state index contributed by atoms with van der Waals surface area (Å²) in [6.07, 6.45) is 4.35. The third kappa shape index (κ3) is 1.80. The molecule has 1 fully saturated rings. The quantitative estimate of drug-likeness (QED) is 0.783. The molecule has 0 aromatic carbocycles. The minimum atomic E-state index is 0.495. The molecule has 0 spiro atoms. The Morgan fingerprint density at radius 1 is 1.50 bits per heavy atom. The lowest BCUT2D eigenvalue weighted by Gasteiger charge is -2.17. The monoisotopic (exact) mass is 253 g/mol. The van der Waals surface area contributed by atoms with Gasteiger partial charge in [-0.1, -0.05) is 11.6 Å². The Labute approximate surface area is 103 Å². The number of aromatic nitrogens is 3. The van der Waals surface area contributed by atoms with Crippen LogP contribution in [-0.4, -0.2) is 26.1 Å². The summed E-state index contributed by atoms with van der Waals surface area (Å²) in [6.45, 7) is 0. The van der Waals surface area contributed by atoms with Crippen molar-refractivity contribution < 1.29 is 0 Å². The molecule has 0 aliphatic carbocycles. The van der Waals surface area contributed by atoms with Gasteiger partial charge in [-0.15, -0.1) is 0 Å². The van der Waals surface area contributed by atoms with Crippen molar-refractivity contribution in [3.63, 3.8) is 0 Å². The average molecular weight is 254 g/mol. The van der Waals surface area contributed by atoms with Crippen molar-refractivity contribution >= 4 is 29.0 Å². The van der Waals surface area contributed by atoms with Crippen molar-refractivity contribution in [3.05, 3.63) is 29.2 Å². The summed E-state index contributed by atoms with van der Waals surface area (Å²) in [4.78, 5) is 4.54. The van der Waals surface area contributed by atoms with E-state index in [9.17, 15) is 0 Å². The molecule has 3 nitrogen and oxygen atoms in total. The van der Waals surface area contributed by atoms with Crippen LogP contribution >= 0.6 is 23.4 Å². The van der Waals surface area contributed by atoms with Crippen molar-refractivity contribution in [1.29, 1.82) is 0 Å². The van der Waals surface area contributed by atoms with Crippen molar-refractivity contribution in [1.82, 2.24) is 14.6 Å². The minimum Gasteiger partial charge on any atom is -0.219 e. The first-order valence-corrected chi connectivity index (χ1v) is 6.96. The van der Waals surface area contributed by atoms with E-state index < -0.39 is 0 Å². The van der Waals surface area contributed by atoms with Gasteiger partial charge in [0.05, 0.1) is 5.02 Å². The summed E-state index contributed by atoms with van der Waals surface area (Å²) in [7, 11) is 0. The minimum absolute atomic E-state index is 0.495. The molecule has 2 aromatic rings. The Bertz CT molecular complexity index is 505. The van der Waals surface area contributed by atoms with E-state index in [-0.39, 0.29) is 0 Å². The average Bonchev–Trinajstić information content (AvgIpc) is 2.76. The zero-order valence-corrected chi connectivity index (χ0v) is 10.3. The van der Waals surface area contributed by atoms with Crippen LogP contribution in [0.1, 0.15) is 24.6 Å². The summed E-state index contributed by atoms with van der Waals surface area (Å²) in [5.74, 6) is 3.84. The molecule has 0 radical (unpaired) electrons. The second kappa shape index (κ2) is 4.26. The normalized spacial score (nSPS) is 21.4. The van der Waals surface area contributed by atoms with Crippen molar-refractivity contribution in [2.45, 2.75) is 18.8 Å². The number of thioether (sulfide) groups is 1. The topological polar surface area (TPSA) is 30.2 Å². The fourth-order valence-electron chi connectivity index (χ4n) is 2.01. The van der Waals surface area contributed by atoms with Gasteiger partial charge in [-0.25, -0.2) is 9.50 Å². The molecule has 2 aromatic heterocycles. The van der Waals surface area contributed by atoms with E-state index in [0.717, 1.165) is 17.2 Å². The highest BCUT2D eigenvalue weighted by molar-refractivity contribution is 7.99. The number of hydrogen-bond donors (Lipinski definition) is 0. The van der Waals surface area contributed by atoms with Crippen LogP contribution in [0.15, 0.2) is 18.3 Å². The Hall–Kier alpha value is -0.740. The molecule has 1 aliphatic heterocycles. The van der Waals surface area contributed by atoms with E-state index >= 15 is 0 Å². The number of pyridine rings is 1. The van der Waals surface area contributed by atoms with Crippen LogP contribution in [0.4, 0.5) is 0 Å². The van der Waals surface area contributed by atoms with Gasteiger partial charge in [0.15, 0.2) is 11.5 Å². The van der Waals surface area contributed by atoms with Gasteiger partial charge >= 0.3 is 0 Å². The van der Waals surface area contributed by atoms with Crippen molar-refractivity contribution in [3.8, 4) is 0 Å². The molecule has 3 rings (SSSR count). The maximum atomic E-state index is 6.08. The Balaban J connectivity index is 2.01. The molecule has 0 bridgehead atoms. The maximum absolute atomic E-state index is 6.08. The number of rotatable bonds is 1. The number of fused-ring (bicyclic) bond motifs is 1. The van der Waals surface area contributed by atoms with Gasteiger partial charge in [0.2, 0.25) is 0 Å². The molecule has 3 heterocycles. The highest BCUT2D eigenvalue weighted by Gasteiger charge is 2.20. The van der Waals surface area contributed by atoms with E-state index in [4.69, 9.17) is 11.6 Å². The zero-order valence-electron chi connectivity index (χ0n) is 8.77. The smallest absolute Gasteiger partial charge is 0.174 e. The largest absolute Gasteiger partial charge is 0.219 e. The predicted octanol–water partition coefficient (Wildman–Crippen LogP) is 2.99.